The molecule has 1 aliphatic heterocycles. The van der Waals surface area contributed by atoms with Crippen LogP contribution in [0.4, 0.5) is 13.2 Å². The lowest BCUT2D eigenvalue weighted by atomic mass is 10.0. The minimum absolute atomic E-state index is 0.140. The summed E-state index contributed by atoms with van der Waals surface area (Å²) < 4.78 is 65.6. The van der Waals surface area contributed by atoms with E-state index in [2.05, 4.69) is 5.32 Å². The Bertz CT molecular complexity index is 627. The third-order valence-electron chi connectivity index (χ3n) is 3.48. The lowest BCUT2D eigenvalue weighted by molar-refractivity contribution is -0.140. The summed E-state index contributed by atoms with van der Waals surface area (Å²) in [6.45, 7) is 4.32. The van der Waals surface area contributed by atoms with Gasteiger partial charge in [-0.3, -0.25) is 0 Å². The first-order valence-corrected chi connectivity index (χ1v) is 7.90. The molecular weight excluding hydrogens is 305 g/mol. The number of hydrogen-bond acceptors (Lipinski definition) is 3. The molecule has 1 aromatic rings. The Labute approximate surface area is 122 Å². The zero-order valence-corrected chi connectivity index (χ0v) is 12.6. The minimum atomic E-state index is -4.71. The normalized spacial score (nSPS) is 20.4. The molecule has 1 N–H and O–H groups in total. The fraction of sp³-hybridized carbons (Fsp3) is 0.538. The molecular formula is C13H17F3N2O2S. The maximum absolute atomic E-state index is 13.0. The molecule has 118 valence electrons. The van der Waals surface area contributed by atoms with Crippen LogP contribution < -0.4 is 5.32 Å². The van der Waals surface area contributed by atoms with Crippen LogP contribution in [0.5, 0.6) is 0 Å². The largest absolute Gasteiger partial charge is 0.417 e. The number of hydrogen-bond donors (Lipinski definition) is 1. The van der Waals surface area contributed by atoms with Crippen LogP contribution >= 0.6 is 0 Å². The van der Waals surface area contributed by atoms with Crippen LogP contribution in [0.2, 0.25) is 0 Å². The number of nitrogens with zero attached hydrogens (tertiary/aromatic N) is 1. The monoisotopic (exact) mass is 322 g/mol. The second-order valence-corrected chi connectivity index (χ2v) is 7.39. The van der Waals surface area contributed by atoms with Gasteiger partial charge >= 0.3 is 6.18 Å². The van der Waals surface area contributed by atoms with Gasteiger partial charge in [-0.25, -0.2) is 8.42 Å². The Morgan fingerprint density at radius 1 is 1.24 bits per heavy atom. The van der Waals surface area contributed by atoms with Crippen molar-refractivity contribution < 1.29 is 21.6 Å². The van der Waals surface area contributed by atoms with E-state index in [1.807, 2.05) is 0 Å². The van der Waals surface area contributed by atoms with Crippen molar-refractivity contribution >= 4 is 10.0 Å². The van der Waals surface area contributed by atoms with Gasteiger partial charge < -0.3 is 5.32 Å². The molecule has 2 rings (SSSR count). The Balaban J connectivity index is 2.55. The van der Waals surface area contributed by atoms with Crippen LogP contribution in [0, 0.1) is 0 Å². The number of halogens is 3. The van der Waals surface area contributed by atoms with Gasteiger partial charge in [0, 0.05) is 25.2 Å². The molecule has 0 bridgehead atoms. The highest BCUT2D eigenvalue weighted by Gasteiger charge is 2.43. The Hall–Kier alpha value is -1.12. The molecule has 1 aromatic carbocycles. The fourth-order valence-corrected chi connectivity index (χ4v) is 4.45. The van der Waals surface area contributed by atoms with Crippen molar-refractivity contribution in [3.05, 3.63) is 29.8 Å². The third-order valence-corrected chi connectivity index (χ3v) is 5.65. The first kappa shape index (κ1) is 16.3. The molecule has 1 fully saturated rings. The summed E-state index contributed by atoms with van der Waals surface area (Å²) in [6, 6.07) is 4.29. The third kappa shape index (κ3) is 3.07. The van der Waals surface area contributed by atoms with Crippen molar-refractivity contribution in [2.24, 2.45) is 0 Å². The summed E-state index contributed by atoms with van der Waals surface area (Å²) >= 11 is 0. The van der Waals surface area contributed by atoms with Gasteiger partial charge in [0.2, 0.25) is 10.0 Å². The highest BCUT2D eigenvalue weighted by Crippen LogP contribution is 2.36. The van der Waals surface area contributed by atoms with Crippen molar-refractivity contribution in [2.45, 2.75) is 30.5 Å². The minimum Gasteiger partial charge on any atom is -0.314 e. The number of piperazine rings is 1. The van der Waals surface area contributed by atoms with Gasteiger partial charge in [0.05, 0.1) is 10.5 Å². The van der Waals surface area contributed by atoms with Gasteiger partial charge in [-0.15, -0.1) is 0 Å². The van der Waals surface area contributed by atoms with Crippen LogP contribution in [-0.2, 0) is 16.2 Å². The second-order valence-electron chi connectivity index (χ2n) is 5.56. The van der Waals surface area contributed by atoms with Crippen molar-refractivity contribution in [2.75, 3.05) is 19.6 Å². The number of alkyl halides is 3. The predicted octanol–water partition coefficient (Wildman–Crippen LogP) is 2.08. The van der Waals surface area contributed by atoms with E-state index in [0.717, 1.165) is 16.4 Å². The maximum Gasteiger partial charge on any atom is 0.417 e. The summed E-state index contributed by atoms with van der Waals surface area (Å²) in [5.74, 6) is 0. The van der Waals surface area contributed by atoms with Crippen LogP contribution in [0.3, 0.4) is 0 Å². The summed E-state index contributed by atoms with van der Waals surface area (Å²) in [7, 11) is -4.21. The first-order chi connectivity index (χ1) is 9.57. The van der Waals surface area contributed by atoms with E-state index in [0.29, 0.717) is 13.1 Å². The van der Waals surface area contributed by atoms with Crippen molar-refractivity contribution in [1.82, 2.24) is 9.62 Å². The fourth-order valence-electron chi connectivity index (χ4n) is 2.46. The molecule has 0 atom stereocenters. The average molecular weight is 322 g/mol. The van der Waals surface area contributed by atoms with Crippen molar-refractivity contribution in [3.8, 4) is 0 Å². The Morgan fingerprint density at radius 3 is 2.43 bits per heavy atom. The quantitative estimate of drug-likeness (QED) is 0.907. The van der Waals surface area contributed by atoms with E-state index >= 15 is 0 Å². The molecule has 4 nitrogen and oxygen atoms in total. The zero-order valence-electron chi connectivity index (χ0n) is 11.7. The number of rotatable bonds is 2. The van der Waals surface area contributed by atoms with Crippen LogP contribution in [0.1, 0.15) is 19.4 Å². The van der Waals surface area contributed by atoms with Crippen LogP contribution in [0.25, 0.3) is 0 Å². The molecule has 0 aliphatic carbocycles. The lowest BCUT2D eigenvalue weighted by Crippen LogP contribution is -2.59. The molecule has 0 unspecified atom stereocenters. The van der Waals surface area contributed by atoms with Crippen LogP contribution in [-0.4, -0.2) is 37.9 Å². The lowest BCUT2D eigenvalue weighted by Gasteiger charge is -2.41. The van der Waals surface area contributed by atoms with Gasteiger partial charge in [0.15, 0.2) is 0 Å². The molecule has 0 aromatic heterocycles. The first-order valence-electron chi connectivity index (χ1n) is 6.46. The molecule has 0 spiro atoms. The SMILES string of the molecule is CC1(C)CNCCN1S(=O)(=O)c1ccccc1C(F)(F)F. The smallest absolute Gasteiger partial charge is 0.314 e. The van der Waals surface area contributed by atoms with Gasteiger partial charge in [0.25, 0.3) is 0 Å². The number of benzene rings is 1. The Morgan fingerprint density at radius 2 is 1.86 bits per heavy atom. The van der Waals surface area contributed by atoms with E-state index in [1.165, 1.54) is 12.1 Å². The summed E-state index contributed by atoms with van der Waals surface area (Å²) in [5.41, 5.74) is -1.91. The molecule has 0 radical (unpaired) electrons. The molecule has 21 heavy (non-hydrogen) atoms. The van der Waals surface area contributed by atoms with E-state index in [4.69, 9.17) is 0 Å². The van der Waals surface area contributed by atoms with Crippen molar-refractivity contribution in [3.63, 3.8) is 0 Å². The molecule has 1 saturated heterocycles. The topological polar surface area (TPSA) is 49.4 Å². The van der Waals surface area contributed by atoms with Gasteiger partial charge in [-0.1, -0.05) is 12.1 Å². The van der Waals surface area contributed by atoms with Gasteiger partial charge in [-0.2, -0.15) is 17.5 Å². The molecule has 0 amide bonds. The van der Waals surface area contributed by atoms with Crippen LogP contribution in [0.15, 0.2) is 29.2 Å². The van der Waals surface area contributed by atoms with E-state index < -0.39 is 32.2 Å². The number of sulfonamides is 1. The molecule has 1 aliphatic rings. The van der Waals surface area contributed by atoms with E-state index in [-0.39, 0.29) is 6.54 Å². The molecule has 0 saturated carbocycles. The second kappa shape index (κ2) is 5.26. The summed E-state index contributed by atoms with van der Waals surface area (Å²) in [6.07, 6.45) is -4.71. The van der Waals surface area contributed by atoms with Gasteiger partial charge in [0.1, 0.15) is 0 Å². The highest BCUT2D eigenvalue weighted by atomic mass is 32.2. The van der Waals surface area contributed by atoms with E-state index in [1.54, 1.807) is 13.8 Å². The maximum atomic E-state index is 13.0. The predicted molar refractivity (Wildman–Crippen MR) is 72.3 cm³/mol. The number of nitrogens with one attached hydrogen (secondary N) is 1. The molecule has 1 heterocycles. The summed E-state index contributed by atoms with van der Waals surface area (Å²) in [5, 5.41) is 3.05. The standard InChI is InChI=1S/C13H17F3N2O2S/c1-12(2)9-17-7-8-18(12)21(19,20)11-6-4-3-5-10(11)13(14,15)16/h3-6,17H,7-9H2,1-2H3. The van der Waals surface area contributed by atoms with Gasteiger partial charge in [-0.05, 0) is 26.0 Å². The summed E-state index contributed by atoms with van der Waals surface area (Å²) in [4.78, 5) is -0.688. The zero-order chi connectivity index (χ0) is 15.9. The van der Waals surface area contributed by atoms with Crippen molar-refractivity contribution in [1.29, 1.82) is 0 Å². The average Bonchev–Trinajstić information content (AvgIpc) is 2.37. The highest BCUT2D eigenvalue weighted by molar-refractivity contribution is 7.89. The van der Waals surface area contributed by atoms with E-state index in [9.17, 15) is 21.6 Å². The molecule has 8 heteroatoms. The Kier molecular flexibility index (Phi) is 4.07.